The highest BCUT2D eigenvalue weighted by atomic mass is 19.1. The lowest BCUT2D eigenvalue weighted by molar-refractivity contribution is -0.234. The van der Waals surface area contributed by atoms with Crippen LogP contribution in [-0.2, 0) is 15.9 Å². The minimum absolute atomic E-state index is 0.147. The van der Waals surface area contributed by atoms with Gasteiger partial charge in [0.2, 0.25) is 0 Å². The number of aromatic nitrogens is 2. The average molecular weight is 340 g/mol. The molecule has 1 atom stereocenters. The largest absolute Gasteiger partial charge is 0.347 e. The molecule has 1 aromatic carbocycles. The molecule has 5 heteroatoms. The summed E-state index contributed by atoms with van der Waals surface area (Å²) in [5, 5.41) is 4.57. The Bertz CT molecular complexity index is 849. The van der Waals surface area contributed by atoms with E-state index in [2.05, 4.69) is 18.1 Å². The van der Waals surface area contributed by atoms with E-state index in [1.54, 1.807) is 12.1 Å². The van der Waals surface area contributed by atoms with Crippen LogP contribution in [0.2, 0.25) is 0 Å². The van der Waals surface area contributed by atoms with E-state index >= 15 is 0 Å². The van der Waals surface area contributed by atoms with Crippen molar-refractivity contribution in [1.82, 2.24) is 9.78 Å². The summed E-state index contributed by atoms with van der Waals surface area (Å²) < 4.78 is 27.4. The van der Waals surface area contributed by atoms with Crippen molar-refractivity contribution >= 4 is 6.08 Å². The highest BCUT2D eigenvalue weighted by molar-refractivity contribution is 5.61. The Hall–Kier alpha value is -1.98. The van der Waals surface area contributed by atoms with E-state index in [4.69, 9.17) is 9.47 Å². The van der Waals surface area contributed by atoms with E-state index in [9.17, 15) is 4.39 Å². The van der Waals surface area contributed by atoms with Crippen molar-refractivity contribution < 1.29 is 13.9 Å². The fourth-order valence-corrected chi connectivity index (χ4v) is 4.72. The molecule has 0 radical (unpaired) electrons. The molecular formula is C20H21FN2O2. The van der Waals surface area contributed by atoms with Crippen LogP contribution in [0.3, 0.4) is 0 Å². The van der Waals surface area contributed by atoms with E-state index < -0.39 is 5.79 Å². The zero-order chi connectivity index (χ0) is 17.1. The van der Waals surface area contributed by atoms with Gasteiger partial charge in [0.1, 0.15) is 5.82 Å². The van der Waals surface area contributed by atoms with Crippen LogP contribution in [0, 0.1) is 11.2 Å². The second-order valence-electron chi connectivity index (χ2n) is 7.43. The maximum absolute atomic E-state index is 13.2. The topological polar surface area (TPSA) is 36.3 Å². The number of hydrogen-bond acceptors (Lipinski definition) is 3. The van der Waals surface area contributed by atoms with Crippen LogP contribution in [0.4, 0.5) is 4.39 Å². The standard InChI is InChI=1S/C20H21FN2O2/c1-19-12-14-13-22-23(17-6-4-16(21)5-7-17)18(14)11-15(19)3-2-8-20(19)24-9-10-25-20/h4-7,11,13H,2-3,8-10,12H2,1H3/t19-/m0/s1. The molecule has 1 aliphatic heterocycles. The first kappa shape index (κ1) is 15.3. The normalized spacial score (nSPS) is 27.0. The highest BCUT2D eigenvalue weighted by Gasteiger charge is 2.57. The van der Waals surface area contributed by atoms with Crippen LogP contribution in [-0.4, -0.2) is 28.8 Å². The van der Waals surface area contributed by atoms with Gasteiger partial charge in [-0.2, -0.15) is 5.10 Å². The summed E-state index contributed by atoms with van der Waals surface area (Å²) in [6, 6.07) is 6.47. The quantitative estimate of drug-likeness (QED) is 0.790. The fourth-order valence-electron chi connectivity index (χ4n) is 4.72. The Labute approximate surface area is 146 Å². The summed E-state index contributed by atoms with van der Waals surface area (Å²) >= 11 is 0. The predicted molar refractivity (Wildman–Crippen MR) is 91.8 cm³/mol. The monoisotopic (exact) mass is 340 g/mol. The lowest BCUT2D eigenvalue weighted by atomic mass is 9.62. The number of nitrogens with zero attached hydrogens (tertiary/aromatic N) is 2. The molecular weight excluding hydrogens is 319 g/mol. The van der Waals surface area contributed by atoms with Crippen molar-refractivity contribution in [2.75, 3.05) is 13.2 Å². The summed E-state index contributed by atoms with van der Waals surface area (Å²) in [4.78, 5) is 0. The van der Waals surface area contributed by atoms with Gasteiger partial charge < -0.3 is 9.47 Å². The molecule has 4 nitrogen and oxygen atoms in total. The molecule has 3 aliphatic rings. The maximum atomic E-state index is 13.2. The Kier molecular flexibility index (Phi) is 3.21. The number of ether oxygens (including phenoxy) is 2. The van der Waals surface area contributed by atoms with Crippen LogP contribution in [0.1, 0.15) is 37.4 Å². The Morgan fingerprint density at radius 1 is 1.16 bits per heavy atom. The average Bonchev–Trinajstić information content (AvgIpc) is 3.23. The van der Waals surface area contributed by atoms with Gasteiger partial charge in [0.05, 0.1) is 30.8 Å². The Morgan fingerprint density at radius 2 is 1.92 bits per heavy atom. The third kappa shape index (κ3) is 2.09. The van der Waals surface area contributed by atoms with Crippen LogP contribution in [0.15, 0.2) is 36.0 Å². The molecule has 25 heavy (non-hydrogen) atoms. The summed E-state index contributed by atoms with van der Waals surface area (Å²) in [5.74, 6) is -0.729. The van der Waals surface area contributed by atoms with E-state index in [0.29, 0.717) is 13.2 Å². The minimum Gasteiger partial charge on any atom is -0.347 e. The second kappa shape index (κ2) is 5.26. The SMILES string of the molecule is C[C@]12Cc3cnn(-c4ccc(F)cc4)c3C=C1CCCC21OCCO1. The molecule has 0 amide bonds. The predicted octanol–water partition coefficient (Wildman–Crippen LogP) is 3.88. The van der Waals surface area contributed by atoms with Gasteiger partial charge in [-0.3, -0.25) is 0 Å². The molecule has 2 fully saturated rings. The third-order valence-electron chi connectivity index (χ3n) is 6.07. The molecule has 2 aromatic rings. The molecule has 2 aliphatic carbocycles. The second-order valence-corrected chi connectivity index (χ2v) is 7.43. The van der Waals surface area contributed by atoms with Crippen molar-refractivity contribution in [3.05, 3.63) is 53.1 Å². The van der Waals surface area contributed by atoms with E-state index in [0.717, 1.165) is 37.1 Å². The van der Waals surface area contributed by atoms with Crippen molar-refractivity contribution in [3.8, 4) is 5.69 Å². The minimum atomic E-state index is -0.493. The van der Waals surface area contributed by atoms with Crippen molar-refractivity contribution in [3.63, 3.8) is 0 Å². The smallest absolute Gasteiger partial charge is 0.177 e. The summed E-state index contributed by atoms with van der Waals surface area (Å²) in [6.07, 6.45) is 8.10. The van der Waals surface area contributed by atoms with Crippen molar-refractivity contribution in [1.29, 1.82) is 0 Å². The van der Waals surface area contributed by atoms with Crippen LogP contribution in [0.25, 0.3) is 11.8 Å². The van der Waals surface area contributed by atoms with Crippen LogP contribution >= 0.6 is 0 Å². The van der Waals surface area contributed by atoms with Crippen LogP contribution < -0.4 is 0 Å². The van der Waals surface area contributed by atoms with Gasteiger partial charge in [-0.1, -0.05) is 12.5 Å². The molecule has 1 saturated heterocycles. The molecule has 1 saturated carbocycles. The molecule has 0 bridgehead atoms. The molecule has 0 N–H and O–H groups in total. The zero-order valence-corrected chi connectivity index (χ0v) is 14.3. The van der Waals surface area contributed by atoms with Crippen molar-refractivity contribution in [2.45, 2.75) is 38.4 Å². The number of halogens is 1. The van der Waals surface area contributed by atoms with Gasteiger partial charge >= 0.3 is 0 Å². The third-order valence-corrected chi connectivity index (χ3v) is 6.07. The molecule has 1 spiro atoms. The van der Waals surface area contributed by atoms with Gasteiger partial charge in [0.25, 0.3) is 0 Å². The molecule has 2 heterocycles. The molecule has 5 rings (SSSR count). The lowest BCUT2D eigenvalue weighted by Gasteiger charge is -2.50. The number of hydrogen-bond donors (Lipinski definition) is 0. The number of benzene rings is 1. The van der Waals surface area contributed by atoms with Gasteiger partial charge in [0.15, 0.2) is 5.79 Å². The van der Waals surface area contributed by atoms with E-state index in [1.807, 2.05) is 10.9 Å². The van der Waals surface area contributed by atoms with Gasteiger partial charge in [-0.05, 0) is 55.2 Å². The first-order valence-electron chi connectivity index (χ1n) is 8.93. The van der Waals surface area contributed by atoms with Crippen LogP contribution in [0.5, 0.6) is 0 Å². The highest BCUT2D eigenvalue weighted by Crippen LogP contribution is 2.56. The molecule has 0 unspecified atom stereocenters. The lowest BCUT2D eigenvalue weighted by Crippen LogP contribution is -2.53. The summed E-state index contributed by atoms with van der Waals surface area (Å²) in [5.41, 5.74) is 4.38. The fraction of sp³-hybridized carbons (Fsp3) is 0.450. The van der Waals surface area contributed by atoms with Crippen molar-refractivity contribution in [2.24, 2.45) is 5.41 Å². The van der Waals surface area contributed by atoms with E-state index in [-0.39, 0.29) is 11.2 Å². The van der Waals surface area contributed by atoms with Gasteiger partial charge in [-0.25, -0.2) is 9.07 Å². The van der Waals surface area contributed by atoms with E-state index in [1.165, 1.54) is 23.3 Å². The van der Waals surface area contributed by atoms with Gasteiger partial charge in [0, 0.05) is 11.8 Å². The summed E-state index contributed by atoms with van der Waals surface area (Å²) in [6.45, 7) is 3.61. The summed E-state index contributed by atoms with van der Waals surface area (Å²) in [7, 11) is 0. The zero-order valence-electron chi connectivity index (χ0n) is 14.3. The first-order chi connectivity index (χ1) is 12.1. The molecule has 1 aromatic heterocycles. The Balaban J connectivity index is 1.60. The molecule has 130 valence electrons. The maximum Gasteiger partial charge on any atom is 0.177 e. The number of rotatable bonds is 1. The number of fused-ring (bicyclic) bond motifs is 3. The first-order valence-corrected chi connectivity index (χ1v) is 8.93. The Morgan fingerprint density at radius 3 is 2.68 bits per heavy atom. The van der Waals surface area contributed by atoms with Gasteiger partial charge in [-0.15, -0.1) is 0 Å².